The maximum atomic E-state index is 10.7. The smallest absolute Gasteiger partial charge is 0.123 e. The number of ether oxygens (including phenoxy) is 1. The molecule has 0 saturated carbocycles. The van der Waals surface area contributed by atoms with E-state index in [1.807, 2.05) is 67.6 Å². The van der Waals surface area contributed by atoms with Crippen LogP contribution in [0.2, 0.25) is 0 Å². The third-order valence-electron chi connectivity index (χ3n) is 5.73. The second-order valence-corrected chi connectivity index (χ2v) is 8.20. The van der Waals surface area contributed by atoms with Crippen LogP contribution in [0.1, 0.15) is 30.9 Å². The summed E-state index contributed by atoms with van der Waals surface area (Å²) in [6.07, 6.45) is 3.33. The van der Waals surface area contributed by atoms with Crippen LogP contribution in [0.15, 0.2) is 85.0 Å². The number of fused-ring (bicyclic) bond motifs is 1. The summed E-state index contributed by atoms with van der Waals surface area (Å²) in [5.74, 6) is -0.198. The van der Waals surface area contributed by atoms with Gasteiger partial charge < -0.3 is 20.1 Å². The van der Waals surface area contributed by atoms with Crippen LogP contribution in [0.3, 0.4) is 0 Å². The summed E-state index contributed by atoms with van der Waals surface area (Å²) >= 11 is 0. The number of hydrogen-bond donors (Lipinski definition) is 3. The molecule has 0 aliphatic rings. The van der Waals surface area contributed by atoms with Gasteiger partial charge in [-0.3, -0.25) is 0 Å². The molecular weight excluding hydrogens is 400 g/mol. The third kappa shape index (κ3) is 6.30. The zero-order chi connectivity index (χ0) is 22.9. The van der Waals surface area contributed by atoms with Crippen molar-refractivity contribution < 1.29 is 20.1 Å². The van der Waals surface area contributed by atoms with E-state index in [0.29, 0.717) is 19.4 Å². The minimum atomic E-state index is -0.823. The van der Waals surface area contributed by atoms with Crippen molar-refractivity contribution in [3.8, 4) is 5.75 Å². The number of hydrogen-bond acceptors (Lipinski definition) is 4. The Balaban J connectivity index is 1.55. The largest absolute Gasteiger partial charge is 0.507 e. The fraction of sp³-hybridized carbons (Fsp3) is 0.286. The Morgan fingerprint density at radius 2 is 1.62 bits per heavy atom. The Kier molecular flexibility index (Phi) is 8.63. The molecule has 0 spiro atoms. The van der Waals surface area contributed by atoms with E-state index in [1.54, 1.807) is 12.1 Å². The zero-order valence-electron chi connectivity index (χ0n) is 18.5. The van der Waals surface area contributed by atoms with E-state index in [0.717, 1.165) is 27.5 Å². The summed E-state index contributed by atoms with van der Waals surface area (Å²) in [6.45, 7) is 6.37. The lowest BCUT2D eigenvalue weighted by molar-refractivity contribution is -0.0273. The highest BCUT2D eigenvalue weighted by Crippen LogP contribution is 2.29. The Labute approximate surface area is 190 Å². The Bertz CT molecular complexity index is 1040. The van der Waals surface area contributed by atoms with Crippen LogP contribution in [0, 0.1) is 5.92 Å². The van der Waals surface area contributed by atoms with Crippen molar-refractivity contribution in [2.45, 2.75) is 38.6 Å². The summed E-state index contributed by atoms with van der Waals surface area (Å²) in [7, 11) is 0. The van der Waals surface area contributed by atoms with Gasteiger partial charge in [-0.05, 0) is 42.3 Å². The van der Waals surface area contributed by atoms with Gasteiger partial charge in [-0.2, -0.15) is 0 Å². The highest BCUT2D eigenvalue weighted by Gasteiger charge is 2.24. The summed E-state index contributed by atoms with van der Waals surface area (Å²) in [5.41, 5.74) is 3.18. The SMILES string of the molecule is C=C[C@H]([C@H](O)CC/C(C)=C/c1ccc(O)c2ccccc12)[C@H](O)COCc1ccccc1. The van der Waals surface area contributed by atoms with Gasteiger partial charge in [0.2, 0.25) is 0 Å². The van der Waals surface area contributed by atoms with Crippen LogP contribution in [-0.2, 0) is 11.3 Å². The van der Waals surface area contributed by atoms with Crippen molar-refractivity contribution in [1.29, 1.82) is 0 Å². The van der Waals surface area contributed by atoms with Gasteiger partial charge >= 0.3 is 0 Å². The molecule has 0 radical (unpaired) electrons. The normalized spacial score (nSPS) is 14.8. The molecule has 0 aliphatic heterocycles. The van der Waals surface area contributed by atoms with E-state index in [9.17, 15) is 15.3 Å². The van der Waals surface area contributed by atoms with E-state index in [4.69, 9.17) is 4.74 Å². The third-order valence-corrected chi connectivity index (χ3v) is 5.73. The van der Waals surface area contributed by atoms with Crippen LogP contribution in [-0.4, -0.2) is 34.1 Å². The minimum Gasteiger partial charge on any atom is -0.507 e. The van der Waals surface area contributed by atoms with Gasteiger partial charge in [0, 0.05) is 11.3 Å². The molecule has 0 saturated heterocycles. The fourth-order valence-electron chi connectivity index (χ4n) is 3.89. The van der Waals surface area contributed by atoms with Crippen molar-refractivity contribution in [3.05, 3.63) is 96.1 Å². The molecule has 3 rings (SSSR count). The lowest BCUT2D eigenvalue weighted by atomic mass is 9.91. The van der Waals surface area contributed by atoms with Gasteiger partial charge in [-0.15, -0.1) is 6.58 Å². The quantitative estimate of drug-likeness (QED) is 0.352. The van der Waals surface area contributed by atoms with E-state index in [-0.39, 0.29) is 12.4 Å². The molecule has 0 aliphatic carbocycles. The Morgan fingerprint density at radius 1 is 0.938 bits per heavy atom. The van der Waals surface area contributed by atoms with Crippen LogP contribution in [0.4, 0.5) is 0 Å². The standard InChI is InChI=1S/C28H32O4/c1-3-23(28(31)19-32-18-21-9-5-4-6-10-21)26(29)15-13-20(2)17-22-14-16-27(30)25-12-8-7-11-24(22)25/h3-12,14,16-17,23,26,28-31H,1,13,15,18-19H2,2H3/b20-17+/t23-,26-,28-/m1/s1. The second kappa shape index (κ2) is 11.6. The molecule has 0 aromatic heterocycles. The van der Waals surface area contributed by atoms with Gasteiger partial charge in [-0.25, -0.2) is 0 Å². The number of rotatable bonds is 11. The van der Waals surface area contributed by atoms with Crippen LogP contribution in [0.5, 0.6) is 5.75 Å². The van der Waals surface area contributed by atoms with Gasteiger partial charge in [0.15, 0.2) is 0 Å². The molecule has 168 valence electrons. The van der Waals surface area contributed by atoms with Crippen molar-refractivity contribution in [3.63, 3.8) is 0 Å². The lowest BCUT2D eigenvalue weighted by Crippen LogP contribution is -2.33. The predicted molar refractivity (Wildman–Crippen MR) is 130 cm³/mol. The molecule has 0 heterocycles. The number of aliphatic hydroxyl groups excluding tert-OH is 2. The first kappa shape index (κ1) is 23.7. The van der Waals surface area contributed by atoms with Crippen LogP contribution in [0.25, 0.3) is 16.8 Å². The minimum absolute atomic E-state index is 0.136. The molecule has 0 fully saturated rings. The molecule has 0 amide bonds. The summed E-state index contributed by atoms with van der Waals surface area (Å²) in [6, 6.07) is 21.1. The summed E-state index contributed by atoms with van der Waals surface area (Å²) in [5, 5.41) is 33.1. The molecule has 0 unspecified atom stereocenters. The molecule has 32 heavy (non-hydrogen) atoms. The molecule has 4 nitrogen and oxygen atoms in total. The number of phenolic OH excluding ortho intramolecular Hbond substituents is 1. The molecular formula is C28H32O4. The number of benzene rings is 3. The van der Waals surface area contributed by atoms with Gasteiger partial charge in [0.25, 0.3) is 0 Å². The van der Waals surface area contributed by atoms with Crippen LogP contribution < -0.4 is 0 Å². The molecule has 3 aromatic carbocycles. The lowest BCUT2D eigenvalue weighted by Gasteiger charge is -2.25. The van der Waals surface area contributed by atoms with E-state index < -0.39 is 18.1 Å². The first-order valence-electron chi connectivity index (χ1n) is 11.0. The number of phenols is 1. The Morgan fingerprint density at radius 3 is 2.34 bits per heavy atom. The van der Waals surface area contributed by atoms with Crippen molar-refractivity contribution in [1.82, 2.24) is 0 Å². The highest BCUT2D eigenvalue weighted by atomic mass is 16.5. The monoisotopic (exact) mass is 432 g/mol. The summed E-state index contributed by atoms with van der Waals surface area (Å²) < 4.78 is 5.63. The molecule has 0 bridgehead atoms. The summed E-state index contributed by atoms with van der Waals surface area (Å²) in [4.78, 5) is 0. The molecule has 3 N–H and O–H groups in total. The number of aromatic hydroxyl groups is 1. The van der Waals surface area contributed by atoms with Crippen molar-refractivity contribution in [2.24, 2.45) is 5.92 Å². The average Bonchev–Trinajstić information content (AvgIpc) is 2.81. The zero-order valence-corrected chi connectivity index (χ0v) is 18.5. The second-order valence-electron chi connectivity index (χ2n) is 8.20. The van der Waals surface area contributed by atoms with Crippen molar-refractivity contribution >= 4 is 16.8 Å². The fourth-order valence-corrected chi connectivity index (χ4v) is 3.89. The number of aliphatic hydroxyl groups is 2. The molecule has 3 atom stereocenters. The average molecular weight is 433 g/mol. The Hall–Kier alpha value is -2.92. The topological polar surface area (TPSA) is 69.9 Å². The molecule has 4 heteroatoms. The van der Waals surface area contributed by atoms with E-state index in [1.165, 1.54) is 0 Å². The van der Waals surface area contributed by atoms with Crippen molar-refractivity contribution in [2.75, 3.05) is 6.61 Å². The van der Waals surface area contributed by atoms with E-state index >= 15 is 0 Å². The maximum Gasteiger partial charge on any atom is 0.123 e. The van der Waals surface area contributed by atoms with E-state index in [2.05, 4.69) is 12.7 Å². The maximum absolute atomic E-state index is 10.7. The molecule has 3 aromatic rings. The first-order valence-corrected chi connectivity index (χ1v) is 11.0. The van der Waals surface area contributed by atoms with Crippen LogP contribution >= 0.6 is 0 Å². The van der Waals surface area contributed by atoms with Gasteiger partial charge in [0.1, 0.15) is 5.75 Å². The first-order chi connectivity index (χ1) is 15.5. The van der Waals surface area contributed by atoms with Gasteiger partial charge in [0.05, 0.1) is 25.4 Å². The predicted octanol–water partition coefficient (Wildman–Crippen LogP) is 5.47. The van der Waals surface area contributed by atoms with Gasteiger partial charge in [-0.1, -0.05) is 78.4 Å². The number of allylic oxidation sites excluding steroid dienone is 1. The highest BCUT2D eigenvalue weighted by molar-refractivity contribution is 5.94.